The predicted octanol–water partition coefficient (Wildman–Crippen LogP) is 3.91. The number of benzene rings is 1. The number of imide groups is 1. The van der Waals surface area contributed by atoms with Crippen LogP contribution in [0, 0.1) is 10.8 Å². The lowest BCUT2D eigenvalue weighted by Crippen LogP contribution is -2.39. The van der Waals surface area contributed by atoms with Gasteiger partial charge in [0.05, 0.1) is 17.0 Å². The topological polar surface area (TPSA) is 136 Å². The first-order chi connectivity index (χ1) is 20.0. The van der Waals surface area contributed by atoms with E-state index in [0.29, 0.717) is 31.6 Å². The predicted molar refractivity (Wildman–Crippen MR) is 163 cm³/mol. The monoisotopic (exact) mass is 629 g/mol. The van der Waals surface area contributed by atoms with Crippen molar-refractivity contribution in [2.24, 2.45) is 10.8 Å². The lowest BCUT2D eigenvalue weighted by Gasteiger charge is -2.39. The fourth-order valence-electron chi connectivity index (χ4n) is 7.05. The first kappa shape index (κ1) is 31.1. The average Bonchev–Trinajstić information content (AvgIpc) is 3.40. The Balaban J connectivity index is 1.38. The van der Waals surface area contributed by atoms with Crippen LogP contribution in [-0.2, 0) is 27.8 Å². The molecule has 232 valence electrons. The van der Waals surface area contributed by atoms with Gasteiger partial charge in [-0.3, -0.25) is 19.7 Å². The highest BCUT2D eigenvalue weighted by atomic mass is 32.2. The largest absolute Gasteiger partial charge is 0.337 e. The number of thiophene rings is 1. The summed E-state index contributed by atoms with van der Waals surface area (Å²) in [6.07, 6.45) is 3.04. The zero-order valence-electron chi connectivity index (χ0n) is 25.4. The van der Waals surface area contributed by atoms with Crippen LogP contribution in [0.15, 0.2) is 29.2 Å². The number of fused-ring (bicyclic) bond motifs is 3. The van der Waals surface area contributed by atoms with Crippen LogP contribution in [0.4, 0.5) is 9.80 Å². The zero-order chi connectivity index (χ0) is 31.5. The van der Waals surface area contributed by atoms with Crippen LogP contribution in [-0.4, -0.2) is 79.5 Å². The number of urea groups is 1. The van der Waals surface area contributed by atoms with Crippen molar-refractivity contribution < 1.29 is 27.6 Å². The summed E-state index contributed by atoms with van der Waals surface area (Å²) in [5.74, 6) is -1.26. The Kier molecular flexibility index (Phi) is 7.97. The lowest BCUT2D eigenvalue weighted by molar-refractivity contribution is -0.129. The minimum absolute atomic E-state index is 0.0468. The van der Waals surface area contributed by atoms with Crippen LogP contribution in [0.2, 0.25) is 0 Å². The smallest absolute Gasteiger partial charge is 0.323 e. The van der Waals surface area contributed by atoms with Crippen LogP contribution in [0.1, 0.15) is 78.1 Å². The summed E-state index contributed by atoms with van der Waals surface area (Å²) in [7, 11) is -0.723. The first-order valence-corrected chi connectivity index (χ1v) is 16.6. The number of amides is 5. The van der Waals surface area contributed by atoms with E-state index in [1.807, 2.05) is 0 Å². The summed E-state index contributed by atoms with van der Waals surface area (Å²) in [4.78, 5) is 54.6. The van der Waals surface area contributed by atoms with E-state index in [-0.39, 0.29) is 43.8 Å². The number of carbonyl (C=O) groups excluding carboxylic acids is 4. The standard InChI is InChI=1S/C30H39N5O6S2/c1-18(36)34-12-11-22-23(15-34)42-27(24(22)26(38)32-28(39)33(5)6)31-25(37)19-7-9-21(10-8-19)43(40,41)35-17-30(4)14-20(35)13-29(2,3)16-30/h7-10,20H,11-17H2,1-6H3,(H,31,37)(H,32,38,39). The molecule has 2 unspecified atom stereocenters. The third kappa shape index (κ3) is 6.07. The summed E-state index contributed by atoms with van der Waals surface area (Å²) in [5, 5.41) is 5.41. The molecule has 2 aliphatic heterocycles. The van der Waals surface area contributed by atoms with E-state index in [1.165, 1.54) is 61.5 Å². The second-order valence-electron chi connectivity index (χ2n) is 13.3. The molecule has 3 aliphatic rings. The van der Waals surface area contributed by atoms with Crippen LogP contribution >= 0.6 is 11.3 Å². The maximum atomic E-state index is 13.7. The summed E-state index contributed by atoms with van der Waals surface area (Å²) in [6, 6.07) is 5.20. The molecular weight excluding hydrogens is 590 g/mol. The van der Waals surface area contributed by atoms with Crippen LogP contribution in [0.5, 0.6) is 0 Å². The molecule has 1 aromatic carbocycles. The highest BCUT2D eigenvalue weighted by Gasteiger charge is 2.53. The van der Waals surface area contributed by atoms with Gasteiger partial charge in [0.1, 0.15) is 5.00 Å². The van der Waals surface area contributed by atoms with Gasteiger partial charge in [0, 0.05) is 50.6 Å². The van der Waals surface area contributed by atoms with E-state index in [9.17, 15) is 27.6 Å². The highest BCUT2D eigenvalue weighted by molar-refractivity contribution is 7.89. The number of nitrogens with one attached hydrogen (secondary N) is 2. The summed E-state index contributed by atoms with van der Waals surface area (Å²) in [6.45, 7) is 9.22. The van der Waals surface area contributed by atoms with Gasteiger partial charge in [-0.15, -0.1) is 11.3 Å². The van der Waals surface area contributed by atoms with Gasteiger partial charge < -0.3 is 15.1 Å². The van der Waals surface area contributed by atoms with Crippen LogP contribution < -0.4 is 10.6 Å². The van der Waals surface area contributed by atoms with Gasteiger partial charge in [0.15, 0.2) is 0 Å². The molecule has 1 aliphatic carbocycles. The molecule has 2 atom stereocenters. The van der Waals surface area contributed by atoms with Gasteiger partial charge in [0.25, 0.3) is 11.8 Å². The number of hydrogen-bond acceptors (Lipinski definition) is 7. The second kappa shape index (κ2) is 11.0. The maximum Gasteiger partial charge on any atom is 0.323 e. The van der Waals surface area contributed by atoms with Crippen molar-refractivity contribution in [1.82, 2.24) is 19.4 Å². The molecule has 1 saturated heterocycles. The van der Waals surface area contributed by atoms with Crippen LogP contribution in [0.3, 0.4) is 0 Å². The molecule has 5 amide bonds. The van der Waals surface area contributed by atoms with Gasteiger partial charge in [0.2, 0.25) is 15.9 Å². The Hall–Kier alpha value is -3.29. The molecule has 1 saturated carbocycles. The number of anilines is 1. The Bertz CT molecular complexity index is 1600. The van der Waals surface area contributed by atoms with E-state index < -0.39 is 27.9 Å². The SMILES string of the molecule is CC(=O)N1CCc2c(sc(NC(=O)c3ccc(S(=O)(=O)N4CC5(C)CC4CC(C)(C)C5)cc3)c2C(=O)NC(=O)N(C)C)C1. The quantitative estimate of drug-likeness (QED) is 0.515. The van der Waals surface area contributed by atoms with Crippen molar-refractivity contribution in [3.8, 4) is 0 Å². The Morgan fingerprint density at radius 2 is 1.70 bits per heavy atom. The molecule has 0 spiro atoms. The number of carbonyl (C=O) groups is 4. The van der Waals surface area contributed by atoms with Crippen molar-refractivity contribution in [1.29, 1.82) is 0 Å². The minimum atomic E-state index is -3.75. The zero-order valence-corrected chi connectivity index (χ0v) is 27.1. The first-order valence-electron chi connectivity index (χ1n) is 14.4. The van der Waals surface area contributed by atoms with Crippen LogP contribution in [0.25, 0.3) is 0 Å². The lowest BCUT2D eigenvalue weighted by atomic mass is 9.65. The van der Waals surface area contributed by atoms with Gasteiger partial charge in [-0.05, 0) is 66.3 Å². The van der Waals surface area contributed by atoms with E-state index >= 15 is 0 Å². The van der Waals surface area contributed by atoms with E-state index in [0.717, 1.165) is 24.1 Å². The molecule has 3 heterocycles. The molecule has 2 N–H and O–H groups in total. The fourth-order valence-corrected chi connectivity index (χ4v) is 10.1. The summed E-state index contributed by atoms with van der Waals surface area (Å²) < 4.78 is 29.0. The maximum absolute atomic E-state index is 13.7. The van der Waals surface area contributed by atoms with Gasteiger partial charge in [-0.2, -0.15) is 4.31 Å². The highest BCUT2D eigenvalue weighted by Crippen LogP contribution is 2.53. The fraction of sp³-hybridized carbons (Fsp3) is 0.533. The molecule has 11 nitrogen and oxygen atoms in total. The van der Waals surface area contributed by atoms with E-state index in [2.05, 4.69) is 31.4 Å². The molecule has 2 bridgehead atoms. The van der Waals surface area contributed by atoms with Crippen molar-refractivity contribution >= 4 is 50.1 Å². The molecule has 5 rings (SSSR count). The summed E-state index contributed by atoms with van der Waals surface area (Å²) >= 11 is 1.19. The molecular formula is C30H39N5O6S2. The molecule has 13 heteroatoms. The van der Waals surface area contributed by atoms with Crippen molar-refractivity contribution in [3.05, 3.63) is 45.8 Å². The van der Waals surface area contributed by atoms with Crippen molar-refractivity contribution in [2.45, 2.75) is 70.9 Å². The number of rotatable bonds is 5. The molecule has 43 heavy (non-hydrogen) atoms. The Labute approximate surface area is 256 Å². The third-order valence-electron chi connectivity index (χ3n) is 8.67. The van der Waals surface area contributed by atoms with E-state index in [4.69, 9.17) is 0 Å². The molecule has 0 radical (unpaired) electrons. The molecule has 1 aromatic heterocycles. The molecule has 2 aromatic rings. The Morgan fingerprint density at radius 1 is 1.02 bits per heavy atom. The van der Waals surface area contributed by atoms with Gasteiger partial charge in [-0.25, -0.2) is 13.2 Å². The normalized spacial score (nSPS) is 22.9. The van der Waals surface area contributed by atoms with Gasteiger partial charge in [-0.1, -0.05) is 20.8 Å². The second-order valence-corrected chi connectivity index (χ2v) is 16.3. The average molecular weight is 630 g/mol. The van der Waals surface area contributed by atoms with E-state index in [1.54, 1.807) is 9.21 Å². The summed E-state index contributed by atoms with van der Waals surface area (Å²) in [5.41, 5.74) is 1.13. The molecule has 2 fully saturated rings. The minimum Gasteiger partial charge on any atom is -0.337 e. The van der Waals surface area contributed by atoms with Gasteiger partial charge >= 0.3 is 6.03 Å². The number of sulfonamides is 1. The number of hydrogen-bond donors (Lipinski definition) is 2. The van der Waals surface area contributed by atoms with Crippen molar-refractivity contribution in [2.75, 3.05) is 32.5 Å². The Morgan fingerprint density at radius 3 is 2.33 bits per heavy atom. The van der Waals surface area contributed by atoms with Crippen molar-refractivity contribution in [3.63, 3.8) is 0 Å². The third-order valence-corrected chi connectivity index (χ3v) is 11.7. The number of nitrogens with zero attached hydrogens (tertiary/aromatic N) is 3.